The molecule has 0 unspecified atom stereocenters. The van der Waals surface area contributed by atoms with E-state index in [1.807, 2.05) is 25.1 Å². The van der Waals surface area contributed by atoms with Crippen LogP contribution in [0.25, 0.3) is 28.6 Å². The van der Waals surface area contributed by atoms with E-state index in [4.69, 9.17) is 32.7 Å². The van der Waals surface area contributed by atoms with Gasteiger partial charge in [-0.05, 0) is 73.2 Å². The number of fused-ring (bicyclic) bond motifs is 1. The number of carbonyl (C=O) groups is 1. The third-order valence-corrected chi connectivity index (χ3v) is 4.70. The molecule has 0 aliphatic heterocycles. The van der Waals surface area contributed by atoms with Gasteiger partial charge in [-0.3, -0.25) is 10.1 Å². The Morgan fingerprint density at radius 2 is 2.07 bits per heavy atom. The maximum absolute atomic E-state index is 12.0. The maximum atomic E-state index is 12.0. The Labute approximate surface area is 182 Å². The van der Waals surface area contributed by atoms with Crippen molar-refractivity contribution in [2.24, 2.45) is 0 Å². The Kier molecular flexibility index (Phi) is 5.65. The molecule has 6 nitrogen and oxygen atoms in total. The first kappa shape index (κ1) is 19.9. The molecule has 8 heteroatoms. The zero-order valence-corrected chi connectivity index (χ0v) is 17.4. The molecule has 150 valence electrons. The highest BCUT2D eigenvalue weighted by molar-refractivity contribution is 7.80. The van der Waals surface area contributed by atoms with Crippen LogP contribution in [0.2, 0.25) is 5.02 Å². The van der Waals surface area contributed by atoms with Crippen LogP contribution in [0.5, 0.6) is 0 Å². The van der Waals surface area contributed by atoms with E-state index < -0.39 is 0 Å². The third-order valence-electron chi connectivity index (χ3n) is 4.26. The molecule has 4 aromatic rings. The summed E-state index contributed by atoms with van der Waals surface area (Å²) in [5.41, 5.74) is 3.77. The molecule has 2 heterocycles. The van der Waals surface area contributed by atoms with Gasteiger partial charge in [0.05, 0.1) is 6.26 Å². The molecule has 0 spiro atoms. The normalized spacial score (nSPS) is 11.1. The molecule has 2 aromatic heterocycles. The summed E-state index contributed by atoms with van der Waals surface area (Å²) in [6, 6.07) is 14.4. The second-order valence-electron chi connectivity index (χ2n) is 6.45. The zero-order chi connectivity index (χ0) is 21.1. The molecule has 1 amide bonds. The highest BCUT2D eigenvalue weighted by Gasteiger charge is 2.11. The third kappa shape index (κ3) is 4.59. The summed E-state index contributed by atoms with van der Waals surface area (Å²) < 4.78 is 11.0. The van der Waals surface area contributed by atoms with Crippen molar-refractivity contribution in [3.63, 3.8) is 0 Å². The van der Waals surface area contributed by atoms with Gasteiger partial charge in [0.1, 0.15) is 11.3 Å². The second kappa shape index (κ2) is 8.52. The summed E-state index contributed by atoms with van der Waals surface area (Å²) >= 11 is 11.3. The Morgan fingerprint density at radius 1 is 1.20 bits per heavy atom. The number of nitrogens with zero attached hydrogens (tertiary/aromatic N) is 1. The van der Waals surface area contributed by atoms with Gasteiger partial charge in [0.15, 0.2) is 10.7 Å². The number of thiocarbonyl (C=S) groups is 1. The van der Waals surface area contributed by atoms with Crippen molar-refractivity contribution >= 4 is 57.7 Å². The van der Waals surface area contributed by atoms with Crippen LogP contribution in [0, 0.1) is 6.92 Å². The van der Waals surface area contributed by atoms with Crippen LogP contribution in [-0.4, -0.2) is 16.0 Å². The van der Waals surface area contributed by atoms with Gasteiger partial charge in [-0.25, -0.2) is 4.98 Å². The number of halogens is 1. The van der Waals surface area contributed by atoms with E-state index in [2.05, 4.69) is 15.6 Å². The predicted octanol–water partition coefficient (Wildman–Crippen LogP) is 5.58. The van der Waals surface area contributed by atoms with Gasteiger partial charge < -0.3 is 14.2 Å². The molecule has 0 fully saturated rings. The number of aromatic nitrogens is 1. The van der Waals surface area contributed by atoms with Crippen LogP contribution in [-0.2, 0) is 4.79 Å². The first-order valence-electron chi connectivity index (χ1n) is 8.98. The SMILES string of the molecule is Cc1ccc(-c2nc3cc(Cl)ccc3o2)cc1NC(=S)NC(=O)/C=C/c1ccco1. The summed E-state index contributed by atoms with van der Waals surface area (Å²) in [5, 5.41) is 6.41. The molecule has 0 atom stereocenters. The molecular formula is C22H16ClN3O3S. The molecule has 2 N–H and O–H groups in total. The fourth-order valence-corrected chi connectivity index (χ4v) is 3.14. The molecule has 30 heavy (non-hydrogen) atoms. The van der Waals surface area contributed by atoms with Crippen LogP contribution < -0.4 is 10.6 Å². The minimum absolute atomic E-state index is 0.175. The lowest BCUT2D eigenvalue weighted by Gasteiger charge is -2.11. The first-order chi connectivity index (χ1) is 14.5. The number of hydrogen-bond donors (Lipinski definition) is 2. The van der Waals surface area contributed by atoms with E-state index in [0.717, 1.165) is 16.8 Å². The van der Waals surface area contributed by atoms with Crippen LogP contribution in [0.15, 0.2) is 69.7 Å². The van der Waals surface area contributed by atoms with E-state index in [1.165, 1.54) is 12.3 Å². The van der Waals surface area contributed by atoms with E-state index >= 15 is 0 Å². The average molecular weight is 438 g/mol. The Balaban J connectivity index is 1.48. The van der Waals surface area contributed by atoms with Crippen LogP contribution in [0.3, 0.4) is 0 Å². The fraction of sp³-hybridized carbons (Fsp3) is 0.0455. The van der Waals surface area contributed by atoms with Crippen molar-refractivity contribution in [3.05, 3.63) is 77.2 Å². The van der Waals surface area contributed by atoms with E-state index in [-0.39, 0.29) is 11.0 Å². The predicted molar refractivity (Wildman–Crippen MR) is 121 cm³/mol. The lowest BCUT2D eigenvalue weighted by atomic mass is 10.1. The van der Waals surface area contributed by atoms with Gasteiger partial charge in [-0.2, -0.15) is 0 Å². The number of amides is 1. The summed E-state index contributed by atoms with van der Waals surface area (Å²) in [6.07, 6.45) is 4.44. The fourth-order valence-electron chi connectivity index (χ4n) is 2.76. The van der Waals surface area contributed by atoms with E-state index in [9.17, 15) is 4.79 Å². The molecule has 0 saturated heterocycles. The number of aryl methyl sites for hydroxylation is 1. The van der Waals surface area contributed by atoms with Crippen molar-refractivity contribution in [2.75, 3.05) is 5.32 Å². The highest BCUT2D eigenvalue weighted by Crippen LogP contribution is 2.29. The van der Waals surface area contributed by atoms with Crippen LogP contribution in [0.4, 0.5) is 5.69 Å². The topological polar surface area (TPSA) is 80.3 Å². The molecule has 0 radical (unpaired) electrons. The van der Waals surface area contributed by atoms with Crippen molar-refractivity contribution in [1.82, 2.24) is 10.3 Å². The van der Waals surface area contributed by atoms with Gasteiger partial charge >= 0.3 is 0 Å². The van der Waals surface area contributed by atoms with Crippen molar-refractivity contribution in [2.45, 2.75) is 6.92 Å². The lowest BCUT2D eigenvalue weighted by Crippen LogP contribution is -2.33. The smallest absolute Gasteiger partial charge is 0.250 e. The number of rotatable bonds is 4. The summed E-state index contributed by atoms with van der Waals surface area (Å²) in [5.74, 6) is 0.674. The number of anilines is 1. The van der Waals surface area contributed by atoms with Crippen LogP contribution >= 0.6 is 23.8 Å². The van der Waals surface area contributed by atoms with Gasteiger partial charge in [-0.1, -0.05) is 17.7 Å². The zero-order valence-electron chi connectivity index (χ0n) is 15.8. The van der Waals surface area contributed by atoms with Crippen molar-refractivity contribution in [1.29, 1.82) is 0 Å². The molecule has 2 aromatic carbocycles. The van der Waals surface area contributed by atoms with E-state index in [0.29, 0.717) is 27.8 Å². The molecular weight excluding hydrogens is 422 g/mol. The molecule has 0 aliphatic rings. The monoisotopic (exact) mass is 437 g/mol. The second-order valence-corrected chi connectivity index (χ2v) is 7.30. The summed E-state index contributed by atoms with van der Waals surface area (Å²) in [4.78, 5) is 16.5. The van der Waals surface area contributed by atoms with Crippen molar-refractivity contribution in [3.8, 4) is 11.5 Å². The number of benzene rings is 2. The summed E-state index contributed by atoms with van der Waals surface area (Å²) in [6.45, 7) is 1.93. The van der Waals surface area contributed by atoms with Crippen molar-refractivity contribution < 1.29 is 13.6 Å². The highest BCUT2D eigenvalue weighted by atomic mass is 35.5. The summed E-state index contributed by atoms with van der Waals surface area (Å²) in [7, 11) is 0. The number of carbonyl (C=O) groups excluding carboxylic acids is 1. The van der Waals surface area contributed by atoms with Gasteiger partial charge in [0.2, 0.25) is 11.8 Å². The minimum Gasteiger partial charge on any atom is -0.465 e. The maximum Gasteiger partial charge on any atom is 0.250 e. The number of nitrogens with one attached hydrogen (secondary N) is 2. The first-order valence-corrected chi connectivity index (χ1v) is 9.77. The standard InChI is InChI=1S/C22H16ClN3O3S/c1-13-4-5-14(21-24-18-12-15(23)6-8-19(18)29-21)11-17(13)25-22(30)26-20(27)9-7-16-3-2-10-28-16/h2-12H,1H3,(H2,25,26,27,30)/b9-7+. The van der Waals surface area contributed by atoms with Crippen LogP contribution in [0.1, 0.15) is 11.3 Å². The Bertz CT molecular complexity index is 1260. The largest absolute Gasteiger partial charge is 0.465 e. The number of oxazole rings is 1. The minimum atomic E-state index is -0.367. The quantitative estimate of drug-likeness (QED) is 0.320. The lowest BCUT2D eigenvalue weighted by molar-refractivity contribution is -0.115. The Morgan fingerprint density at radius 3 is 2.87 bits per heavy atom. The molecule has 0 aliphatic carbocycles. The molecule has 4 rings (SSSR count). The molecule has 0 saturated carbocycles. The Hall–Kier alpha value is -3.42. The van der Waals surface area contributed by atoms with Gasteiger partial charge in [-0.15, -0.1) is 0 Å². The van der Waals surface area contributed by atoms with Gasteiger partial charge in [0, 0.05) is 22.3 Å². The average Bonchev–Trinajstić information content (AvgIpc) is 3.37. The van der Waals surface area contributed by atoms with E-state index in [1.54, 1.807) is 36.4 Å². The number of furan rings is 1. The molecule has 0 bridgehead atoms. The number of hydrogen-bond acceptors (Lipinski definition) is 5. The van der Waals surface area contributed by atoms with Gasteiger partial charge in [0.25, 0.3) is 0 Å².